The molecule has 0 bridgehead atoms. The van der Waals surface area contributed by atoms with Crippen LogP contribution < -0.4 is 14.8 Å². The summed E-state index contributed by atoms with van der Waals surface area (Å²) in [6.45, 7) is 0.694. The van der Waals surface area contributed by atoms with Gasteiger partial charge in [-0.1, -0.05) is 0 Å². The molecule has 0 aliphatic rings. The molecule has 0 aliphatic carbocycles. The van der Waals surface area contributed by atoms with E-state index >= 15 is 0 Å². The number of nitrogens with one attached hydrogen (secondary N) is 1. The van der Waals surface area contributed by atoms with Gasteiger partial charge in [0.1, 0.15) is 11.5 Å². The SMILES string of the molecule is COc1cc(CNc2cccnc2)cc(OC)c1. The summed E-state index contributed by atoms with van der Waals surface area (Å²) in [5, 5.41) is 3.29. The number of aromatic nitrogens is 1. The molecule has 0 spiro atoms. The lowest BCUT2D eigenvalue weighted by atomic mass is 10.2. The van der Waals surface area contributed by atoms with Crippen LogP contribution in [0.4, 0.5) is 5.69 Å². The average Bonchev–Trinajstić information content (AvgIpc) is 2.45. The van der Waals surface area contributed by atoms with E-state index in [2.05, 4.69) is 10.3 Å². The van der Waals surface area contributed by atoms with Crippen LogP contribution in [0.25, 0.3) is 0 Å². The van der Waals surface area contributed by atoms with Crippen LogP contribution in [-0.4, -0.2) is 19.2 Å². The molecule has 0 unspecified atom stereocenters. The van der Waals surface area contributed by atoms with Crippen molar-refractivity contribution in [3.05, 3.63) is 48.3 Å². The third-order valence-electron chi connectivity index (χ3n) is 2.57. The summed E-state index contributed by atoms with van der Waals surface area (Å²) < 4.78 is 10.5. The van der Waals surface area contributed by atoms with E-state index in [1.807, 2.05) is 30.3 Å². The van der Waals surface area contributed by atoms with E-state index in [0.29, 0.717) is 6.54 Å². The number of hydrogen-bond acceptors (Lipinski definition) is 4. The summed E-state index contributed by atoms with van der Waals surface area (Å²) >= 11 is 0. The van der Waals surface area contributed by atoms with Gasteiger partial charge in [-0.05, 0) is 29.8 Å². The Morgan fingerprint density at radius 1 is 1.11 bits per heavy atom. The highest BCUT2D eigenvalue weighted by Crippen LogP contribution is 2.23. The fourth-order valence-electron chi connectivity index (χ4n) is 1.64. The van der Waals surface area contributed by atoms with Crippen LogP contribution in [0.1, 0.15) is 5.56 Å². The quantitative estimate of drug-likeness (QED) is 0.878. The third kappa shape index (κ3) is 3.13. The van der Waals surface area contributed by atoms with Crippen molar-refractivity contribution in [3.8, 4) is 11.5 Å². The number of methoxy groups -OCH3 is 2. The van der Waals surface area contributed by atoms with Crippen molar-refractivity contribution in [1.29, 1.82) is 0 Å². The van der Waals surface area contributed by atoms with E-state index < -0.39 is 0 Å². The van der Waals surface area contributed by atoms with Gasteiger partial charge in [0, 0.05) is 25.0 Å². The van der Waals surface area contributed by atoms with Crippen molar-refractivity contribution < 1.29 is 9.47 Å². The van der Waals surface area contributed by atoms with E-state index in [4.69, 9.17) is 9.47 Å². The Balaban J connectivity index is 2.09. The Morgan fingerprint density at radius 3 is 2.39 bits per heavy atom. The third-order valence-corrected chi connectivity index (χ3v) is 2.57. The normalized spacial score (nSPS) is 9.89. The minimum atomic E-state index is 0.694. The van der Waals surface area contributed by atoms with Gasteiger partial charge >= 0.3 is 0 Å². The lowest BCUT2D eigenvalue weighted by Crippen LogP contribution is -2.00. The molecule has 0 radical (unpaired) electrons. The number of rotatable bonds is 5. The fourth-order valence-corrected chi connectivity index (χ4v) is 1.64. The van der Waals surface area contributed by atoms with Crippen molar-refractivity contribution in [3.63, 3.8) is 0 Å². The maximum Gasteiger partial charge on any atom is 0.122 e. The molecule has 4 heteroatoms. The second-order valence-electron chi connectivity index (χ2n) is 3.82. The number of nitrogens with zero attached hydrogens (tertiary/aromatic N) is 1. The molecule has 94 valence electrons. The van der Waals surface area contributed by atoms with Gasteiger partial charge in [0.2, 0.25) is 0 Å². The molecule has 0 amide bonds. The molecule has 0 aliphatic heterocycles. The summed E-state index contributed by atoms with van der Waals surface area (Å²) in [4.78, 5) is 4.05. The van der Waals surface area contributed by atoms with E-state index in [-0.39, 0.29) is 0 Å². The molecule has 1 aromatic heterocycles. The molecular weight excluding hydrogens is 228 g/mol. The van der Waals surface area contributed by atoms with Gasteiger partial charge in [-0.25, -0.2) is 0 Å². The zero-order valence-electron chi connectivity index (χ0n) is 10.5. The van der Waals surface area contributed by atoms with Gasteiger partial charge in [0.15, 0.2) is 0 Å². The van der Waals surface area contributed by atoms with Crippen LogP contribution in [0, 0.1) is 0 Å². The van der Waals surface area contributed by atoms with Crippen molar-refractivity contribution in [2.24, 2.45) is 0 Å². The number of ether oxygens (including phenoxy) is 2. The summed E-state index contributed by atoms with van der Waals surface area (Å²) in [5.41, 5.74) is 2.08. The topological polar surface area (TPSA) is 43.4 Å². The lowest BCUT2D eigenvalue weighted by Gasteiger charge is -2.10. The smallest absolute Gasteiger partial charge is 0.122 e. The number of benzene rings is 1. The molecule has 1 heterocycles. The molecule has 0 atom stereocenters. The monoisotopic (exact) mass is 244 g/mol. The van der Waals surface area contributed by atoms with Crippen molar-refractivity contribution in [1.82, 2.24) is 4.98 Å². The predicted octanol–water partition coefficient (Wildman–Crippen LogP) is 2.71. The molecular formula is C14H16N2O2. The second-order valence-corrected chi connectivity index (χ2v) is 3.82. The molecule has 0 fully saturated rings. The van der Waals surface area contributed by atoms with Gasteiger partial charge in [-0.2, -0.15) is 0 Å². The zero-order valence-corrected chi connectivity index (χ0v) is 10.5. The number of hydrogen-bond donors (Lipinski definition) is 1. The standard InChI is InChI=1S/C14H16N2O2/c1-17-13-6-11(7-14(8-13)18-2)9-16-12-4-3-5-15-10-12/h3-8,10,16H,9H2,1-2H3. The molecule has 1 N–H and O–H groups in total. The van der Waals surface area contributed by atoms with Crippen molar-refractivity contribution in [2.75, 3.05) is 19.5 Å². The first-order valence-corrected chi connectivity index (χ1v) is 5.67. The molecule has 0 saturated heterocycles. The second kappa shape index (κ2) is 5.91. The van der Waals surface area contributed by atoms with Gasteiger partial charge in [0.25, 0.3) is 0 Å². The molecule has 2 rings (SSSR count). The predicted molar refractivity (Wildman–Crippen MR) is 71.1 cm³/mol. The fraction of sp³-hybridized carbons (Fsp3) is 0.214. The maximum absolute atomic E-state index is 5.23. The Kier molecular flexibility index (Phi) is 4.02. The van der Waals surface area contributed by atoms with E-state index in [9.17, 15) is 0 Å². The van der Waals surface area contributed by atoms with Crippen LogP contribution in [0.5, 0.6) is 11.5 Å². The van der Waals surface area contributed by atoms with E-state index in [0.717, 1.165) is 22.7 Å². The summed E-state index contributed by atoms with van der Waals surface area (Å²) in [7, 11) is 3.29. The Hall–Kier alpha value is -2.23. The summed E-state index contributed by atoms with van der Waals surface area (Å²) in [5.74, 6) is 1.58. The minimum absolute atomic E-state index is 0.694. The van der Waals surface area contributed by atoms with Gasteiger partial charge in [-0.3, -0.25) is 4.98 Å². The average molecular weight is 244 g/mol. The highest BCUT2D eigenvalue weighted by Gasteiger charge is 2.01. The molecule has 1 aromatic carbocycles. The van der Waals surface area contributed by atoms with Crippen LogP contribution in [0.15, 0.2) is 42.7 Å². The van der Waals surface area contributed by atoms with E-state index in [1.54, 1.807) is 26.6 Å². The Morgan fingerprint density at radius 2 is 1.83 bits per heavy atom. The first-order valence-electron chi connectivity index (χ1n) is 5.67. The van der Waals surface area contributed by atoms with E-state index in [1.165, 1.54) is 0 Å². The Bertz CT molecular complexity index is 478. The van der Waals surface area contributed by atoms with Crippen LogP contribution in [0.3, 0.4) is 0 Å². The first kappa shape index (κ1) is 12.2. The minimum Gasteiger partial charge on any atom is -0.497 e. The van der Waals surface area contributed by atoms with Crippen LogP contribution in [0.2, 0.25) is 0 Å². The number of pyridine rings is 1. The van der Waals surface area contributed by atoms with Gasteiger partial charge in [-0.15, -0.1) is 0 Å². The number of anilines is 1. The maximum atomic E-state index is 5.23. The van der Waals surface area contributed by atoms with Crippen LogP contribution >= 0.6 is 0 Å². The zero-order chi connectivity index (χ0) is 12.8. The molecule has 4 nitrogen and oxygen atoms in total. The highest BCUT2D eigenvalue weighted by atomic mass is 16.5. The highest BCUT2D eigenvalue weighted by molar-refractivity contribution is 5.43. The molecule has 2 aromatic rings. The van der Waals surface area contributed by atoms with Crippen molar-refractivity contribution in [2.45, 2.75) is 6.54 Å². The van der Waals surface area contributed by atoms with Gasteiger partial charge in [0.05, 0.1) is 19.9 Å². The van der Waals surface area contributed by atoms with Crippen LogP contribution in [-0.2, 0) is 6.54 Å². The Labute approximate surface area is 107 Å². The van der Waals surface area contributed by atoms with Gasteiger partial charge < -0.3 is 14.8 Å². The molecule has 0 saturated carbocycles. The first-order chi connectivity index (χ1) is 8.81. The molecule has 18 heavy (non-hydrogen) atoms. The largest absolute Gasteiger partial charge is 0.497 e. The van der Waals surface area contributed by atoms with Crippen molar-refractivity contribution >= 4 is 5.69 Å². The summed E-state index contributed by atoms with van der Waals surface area (Å²) in [6.07, 6.45) is 3.54. The lowest BCUT2D eigenvalue weighted by molar-refractivity contribution is 0.393. The summed E-state index contributed by atoms with van der Waals surface area (Å²) in [6, 6.07) is 9.68.